The first-order chi connectivity index (χ1) is 25.8. The van der Waals surface area contributed by atoms with Gasteiger partial charge < -0.3 is 0 Å². The number of rotatable bonds is 8. The lowest BCUT2D eigenvalue weighted by Gasteiger charge is -2.23. The van der Waals surface area contributed by atoms with Gasteiger partial charge in [0, 0.05) is 47.3 Å². The van der Waals surface area contributed by atoms with E-state index in [0.717, 1.165) is 79.0 Å². The van der Waals surface area contributed by atoms with Crippen molar-refractivity contribution in [2.75, 3.05) is 9.80 Å². The maximum Gasteiger partial charge on any atom is 0.138 e. The largest absolute Gasteiger partial charge is 0.279 e. The molecule has 8 nitrogen and oxygen atoms in total. The fourth-order valence-electron chi connectivity index (χ4n) is 6.39. The molecule has 0 amide bonds. The monoisotopic (exact) mass is 670 g/mol. The number of hydrogen-bond acceptors (Lipinski definition) is 8. The summed E-state index contributed by atoms with van der Waals surface area (Å²) in [6, 6.07) is 52.7. The van der Waals surface area contributed by atoms with Gasteiger partial charge in [-0.15, -0.1) is 0 Å². The molecule has 0 fully saturated rings. The molecular weight excluding hydrogens is 641 g/mol. The molecule has 0 radical (unpaired) electrons. The fraction of sp³-hybridized carbons (Fsp3) is 0. The molecule has 0 aliphatic carbocycles. The van der Waals surface area contributed by atoms with E-state index in [4.69, 9.17) is 9.97 Å². The summed E-state index contributed by atoms with van der Waals surface area (Å²) in [4.78, 5) is 33.2. The van der Waals surface area contributed by atoms with Gasteiger partial charge in [-0.2, -0.15) is 0 Å². The topological polar surface area (TPSA) is 83.8 Å². The number of hydrogen-bond donors (Lipinski definition) is 0. The van der Waals surface area contributed by atoms with Crippen LogP contribution in [0.25, 0.3) is 44.3 Å². The van der Waals surface area contributed by atoms with Gasteiger partial charge in [-0.3, -0.25) is 9.80 Å². The summed E-state index contributed by atoms with van der Waals surface area (Å²) in [7, 11) is 0. The minimum Gasteiger partial charge on any atom is -0.279 e. The third-order valence-electron chi connectivity index (χ3n) is 8.84. The van der Waals surface area contributed by atoms with Crippen molar-refractivity contribution >= 4 is 56.5 Å². The van der Waals surface area contributed by atoms with E-state index in [1.807, 2.05) is 94.7 Å². The predicted octanol–water partition coefficient (Wildman–Crippen LogP) is 10.6. The van der Waals surface area contributed by atoms with E-state index in [1.54, 1.807) is 24.8 Å². The van der Waals surface area contributed by atoms with Crippen molar-refractivity contribution in [1.29, 1.82) is 0 Å². The van der Waals surface area contributed by atoms with Crippen LogP contribution < -0.4 is 9.80 Å². The quantitative estimate of drug-likeness (QED) is 0.148. The fourth-order valence-corrected chi connectivity index (χ4v) is 6.39. The Morgan fingerprint density at radius 3 is 0.962 bits per heavy atom. The van der Waals surface area contributed by atoms with Gasteiger partial charge in [0.2, 0.25) is 0 Å². The van der Waals surface area contributed by atoms with Crippen LogP contribution in [0, 0.1) is 0 Å². The molecule has 0 aliphatic heterocycles. The summed E-state index contributed by atoms with van der Waals surface area (Å²) in [5.41, 5.74) is 6.97. The Bertz CT molecular complexity index is 2340. The molecule has 0 saturated heterocycles. The number of fused-ring (bicyclic) bond motifs is 2. The normalized spacial score (nSPS) is 11.1. The zero-order chi connectivity index (χ0) is 34.7. The van der Waals surface area contributed by atoms with E-state index in [2.05, 4.69) is 92.7 Å². The Labute approximate surface area is 300 Å². The smallest absolute Gasteiger partial charge is 0.138 e. The Morgan fingerprint density at radius 2 is 0.654 bits per heavy atom. The van der Waals surface area contributed by atoms with Crippen LogP contribution in [0.15, 0.2) is 183 Å². The van der Waals surface area contributed by atoms with Gasteiger partial charge in [0.05, 0.1) is 22.4 Å². The molecule has 0 spiro atoms. The van der Waals surface area contributed by atoms with Gasteiger partial charge in [0.15, 0.2) is 0 Å². The predicted molar refractivity (Wildman–Crippen MR) is 208 cm³/mol. The molecule has 5 heterocycles. The second-order valence-corrected chi connectivity index (χ2v) is 12.1. The molecule has 4 aromatic carbocycles. The molecule has 9 rings (SSSR count). The number of nitrogens with zero attached hydrogens (tertiary/aromatic N) is 8. The number of benzene rings is 4. The van der Waals surface area contributed by atoms with Crippen LogP contribution in [0.4, 0.5) is 34.6 Å². The van der Waals surface area contributed by atoms with E-state index >= 15 is 0 Å². The highest BCUT2D eigenvalue weighted by molar-refractivity contribution is 5.97. The first-order valence-electron chi connectivity index (χ1n) is 16.9. The first kappa shape index (κ1) is 30.7. The zero-order valence-electron chi connectivity index (χ0n) is 27.9. The summed E-state index contributed by atoms with van der Waals surface area (Å²) in [5.74, 6) is 3.10. The molecule has 9 aromatic rings. The Morgan fingerprint density at radius 1 is 0.327 bits per heavy atom. The van der Waals surface area contributed by atoms with Crippen molar-refractivity contribution in [1.82, 2.24) is 29.9 Å². The van der Waals surface area contributed by atoms with Crippen LogP contribution in [0.5, 0.6) is 0 Å². The Hall–Kier alpha value is -7.32. The maximum atomic E-state index is 5.28. The summed E-state index contributed by atoms with van der Waals surface area (Å²) in [5, 5.41) is 2.24. The summed E-state index contributed by atoms with van der Waals surface area (Å²) in [6.07, 6.45) is 7.16. The minimum absolute atomic E-state index is 0.776. The molecule has 52 heavy (non-hydrogen) atoms. The van der Waals surface area contributed by atoms with Gasteiger partial charge in [-0.05, 0) is 95.7 Å². The molecule has 0 N–H and O–H groups in total. The van der Waals surface area contributed by atoms with Gasteiger partial charge in [0.1, 0.15) is 23.3 Å². The summed E-state index contributed by atoms with van der Waals surface area (Å²) >= 11 is 0. The van der Waals surface area contributed by atoms with Crippen LogP contribution in [0.1, 0.15) is 0 Å². The lowest BCUT2D eigenvalue weighted by Crippen LogP contribution is -2.12. The van der Waals surface area contributed by atoms with E-state index in [9.17, 15) is 0 Å². The third kappa shape index (κ3) is 5.94. The van der Waals surface area contributed by atoms with Crippen LogP contribution in [0.3, 0.4) is 0 Å². The average molecular weight is 671 g/mol. The van der Waals surface area contributed by atoms with Gasteiger partial charge in [-0.1, -0.05) is 72.8 Å². The molecule has 0 aliphatic rings. The van der Waals surface area contributed by atoms with Crippen molar-refractivity contribution in [3.8, 4) is 22.5 Å². The number of aromatic nitrogens is 6. The van der Waals surface area contributed by atoms with Gasteiger partial charge >= 0.3 is 0 Å². The third-order valence-corrected chi connectivity index (χ3v) is 8.84. The highest BCUT2D eigenvalue weighted by Crippen LogP contribution is 2.38. The lowest BCUT2D eigenvalue weighted by molar-refractivity contribution is 1.12. The average Bonchev–Trinajstić information content (AvgIpc) is 3.22. The van der Waals surface area contributed by atoms with E-state index in [-0.39, 0.29) is 0 Å². The molecular formula is C44H30N8. The van der Waals surface area contributed by atoms with Crippen LogP contribution in [0.2, 0.25) is 0 Å². The van der Waals surface area contributed by atoms with Crippen molar-refractivity contribution in [2.24, 2.45) is 0 Å². The molecule has 0 atom stereocenters. The van der Waals surface area contributed by atoms with Crippen molar-refractivity contribution < 1.29 is 0 Å². The van der Waals surface area contributed by atoms with Gasteiger partial charge in [0.25, 0.3) is 0 Å². The second-order valence-electron chi connectivity index (χ2n) is 12.1. The van der Waals surface area contributed by atoms with E-state index in [0.29, 0.717) is 0 Å². The standard InChI is InChI=1S/C44H30N8/c1-2-12-34-30-38-37(29-33(34)11-1)49-43(31-17-21-35(22-18-31)51(39-13-3-7-25-45-39)40-14-4-8-26-46-40)44(50-38)32-19-23-36(24-20-32)52(41-15-5-9-27-47-41)42-16-6-10-28-48-42/h1-30H. The van der Waals surface area contributed by atoms with E-state index in [1.165, 1.54) is 0 Å². The van der Waals surface area contributed by atoms with Crippen molar-refractivity contribution in [2.45, 2.75) is 0 Å². The highest BCUT2D eigenvalue weighted by atomic mass is 15.2. The second kappa shape index (κ2) is 13.5. The minimum atomic E-state index is 0.776. The number of anilines is 6. The van der Waals surface area contributed by atoms with Crippen molar-refractivity contribution in [3.05, 3.63) is 183 Å². The SMILES string of the molecule is c1ccc(N(c2ccc(-c3nc4cc5ccccc5cc4nc3-c3ccc(N(c4ccccn4)c4ccccn4)cc3)cc2)c2ccccn2)nc1. The number of pyridine rings is 4. The lowest BCUT2D eigenvalue weighted by atomic mass is 10.0. The van der Waals surface area contributed by atoms with Crippen LogP contribution in [-0.4, -0.2) is 29.9 Å². The maximum absolute atomic E-state index is 5.28. The summed E-state index contributed by atoms with van der Waals surface area (Å²) in [6.45, 7) is 0. The molecule has 0 bridgehead atoms. The summed E-state index contributed by atoms with van der Waals surface area (Å²) < 4.78 is 0. The highest BCUT2D eigenvalue weighted by Gasteiger charge is 2.19. The molecule has 0 unspecified atom stereocenters. The molecule has 0 saturated carbocycles. The van der Waals surface area contributed by atoms with E-state index < -0.39 is 0 Å². The zero-order valence-corrected chi connectivity index (χ0v) is 27.9. The van der Waals surface area contributed by atoms with Crippen LogP contribution in [-0.2, 0) is 0 Å². The Balaban J connectivity index is 1.16. The molecule has 246 valence electrons. The molecule has 8 heteroatoms. The Kier molecular flexibility index (Phi) is 7.99. The molecule has 5 aromatic heterocycles. The first-order valence-corrected chi connectivity index (χ1v) is 16.9. The van der Waals surface area contributed by atoms with Gasteiger partial charge in [-0.25, -0.2) is 29.9 Å². The van der Waals surface area contributed by atoms with Crippen molar-refractivity contribution in [3.63, 3.8) is 0 Å². The van der Waals surface area contributed by atoms with Crippen LogP contribution >= 0.6 is 0 Å².